The van der Waals surface area contributed by atoms with E-state index in [0.29, 0.717) is 10.2 Å². The third kappa shape index (κ3) is 1.40. The van der Waals surface area contributed by atoms with E-state index in [1.54, 1.807) is 18.5 Å². The van der Waals surface area contributed by atoms with E-state index in [1.807, 2.05) is 12.1 Å². The summed E-state index contributed by atoms with van der Waals surface area (Å²) < 4.78 is 0. The average Bonchev–Trinajstić information content (AvgIpc) is 2.28. The molecule has 2 aromatic heterocycles. The summed E-state index contributed by atoms with van der Waals surface area (Å²) in [6, 6.07) is 5.30. The highest BCUT2D eigenvalue weighted by atomic mass is 35.5. The van der Waals surface area contributed by atoms with Gasteiger partial charge in [0.1, 0.15) is 5.15 Å². The molecule has 0 N–H and O–H groups in total. The molecule has 78 valence electrons. The second kappa shape index (κ2) is 3.54. The molecule has 2 heterocycles. The van der Waals surface area contributed by atoms with Gasteiger partial charge in [-0.3, -0.25) is 9.97 Å². The number of aromatic nitrogens is 3. The summed E-state index contributed by atoms with van der Waals surface area (Å²) in [7, 11) is 0. The topological polar surface area (TPSA) is 38.7 Å². The van der Waals surface area contributed by atoms with Gasteiger partial charge in [-0.05, 0) is 18.2 Å². The Morgan fingerprint density at radius 1 is 0.938 bits per heavy atom. The van der Waals surface area contributed by atoms with Gasteiger partial charge in [-0.15, -0.1) is 0 Å². The van der Waals surface area contributed by atoms with E-state index in [4.69, 9.17) is 23.2 Å². The second-order valence-electron chi connectivity index (χ2n) is 3.31. The fourth-order valence-electron chi connectivity index (χ4n) is 1.68. The molecule has 1 aromatic carbocycles. The molecule has 3 rings (SSSR count). The molecule has 0 fully saturated rings. The van der Waals surface area contributed by atoms with Crippen molar-refractivity contribution < 1.29 is 0 Å². The van der Waals surface area contributed by atoms with Crippen LogP contribution in [0.25, 0.3) is 21.9 Å². The first kappa shape index (κ1) is 9.75. The lowest BCUT2D eigenvalue weighted by Crippen LogP contribution is -1.87. The van der Waals surface area contributed by atoms with Gasteiger partial charge < -0.3 is 0 Å². The number of hydrogen-bond acceptors (Lipinski definition) is 3. The summed E-state index contributed by atoms with van der Waals surface area (Å²) >= 11 is 12.0. The minimum atomic E-state index is 0.376. The third-order valence-electron chi connectivity index (χ3n) is 2.33. The van der Waals surface area contributed by atoms with E-state index < -0.39 is 0 Å². The summed E-state index contributed by atoms with van der Waals surface area (Å²) in [5, 5.41) is 1.71. The van der Waals surface area contributed by atoms with E-state index in [9.17, 15) is 0 Å². The second-order valence-corrected chi connectivity index (χ2v) is 4.11. The van der Waals surface area contributed by atoms with E-state index >= 15 is 0 Å². The monoisotopic (exact) mass is 249 g/mol. The van der Waals surface area contributed by atoms with Crippen LogP contribution in [0.15, 0.2) is 30.6 Å². The van der Waals surface area contributed by atoms with Gasteiger partial charge in [0.15, 0.2) is 0 Å². The summed E-state index contributed by atoms with van der Waals surface area (Å²) in [5.41, 5.74) is 2.26. The van der Waals surface area contributed by atoms with Gasteiger partial charge >= 0.3 is 0 Å². The normalized spacial score (nSPS) is 11.1. The molecule has 0 amide bonds. The Labute approximate surface area is 101 Å². The van der Waals surface area contributed by atoms with Crippen LogP contribution >= 0.6 is 23.2 Å². The Bertz CT molecular complexity index is 697. The Balaban J connectivity index is 2.60. The summed E-state index contributed by atoms with van der Waals surface area (Å²) in [5.74, 6) is 0. The summed E-state index contributed by atoms with van der Waals surface area (Å²) in [4.78, 5) is 12.7. The number of nitrogens with zero attached hydrogens (tertiary/aromatic N) is 3. The van der Waals surface area contributed by atoms with E-state index in [1.165, 1.54) is 0 Å². The van der Waals surface area contributed by atoms with E-state index in [-0.39, 0.29) is 0 Å². The zero-order valence-electron chi connectivity index (χ0n) is 7.98. The molecule has 5 heteroatoms. The van der Waals surface area contributed by atoms with Crippen molar-refractivity contribution in [2.45, 2.75) is 0 Å². The predicted molar refractivity (Wildman–Crippen MR) is 64.9 cm³/mol. The first-order valence-electron chi connectivity index (χ1n) is 4.61. The van der Waals surface area contributed by atoms with Gasteiger partial charge in [0, 0.05) is 17.8 Å². The molecule has 0 unspecified atom stereocenters. The molecule has 0 aliphatic rings. The largest absolute Gasteiger partial charge is 0.253 e. The lowest BCUT2D eigenvalue weighted by Gasteiger charge is -2.03. The maximum absolute atomic E-state index is 6.15. The van der Waals surface area contributed by atoms with E-state index in [0.717, 1.165) is 21.9 Å². The van der Waals surface area contributed by atoms with Crippen molar-refractivity contribution in [2.24, 2.45) is 0 Å². The molecule has 0 bridgehead atoms. The van der Waals surface area contributed by atoms with Crippen LogP contribution in [0.5, 0.6) is 0 Å². The van der Waals surface area contributed by atoms with Crippen molar-refractivity contribution in [3.8, 4) is 0 Å². The molecule has 0 spiro atoms. The Hall–Kier alpha value is -1.45. The minimum absolute atomic E-state index is 0.376. The molecule has 0 saturated carbocycles. The molecule has 0 radical (unpaired) electrons. The van der Waals surface area contributed by atoms with Gasteiger partial charge in [0.05, 0.1) is 21.6 Å². The molecule has 3 nitrogen and oxygen atoms in total. The van der Waals surface area contributed by atoms with Gasteiger partial charge in [0.2, 0.25) is 0 Å². The summed E-state index contributed by atoms with van der Waals surface area (Å²) in [6.45, 7) is 0. The van der Waals surface area contributed by atoms with Gasteiger partial charge in [-0.1, -0.05) is 23.2 Å². The highest BCUT2D eigenvalue weighted by Crippen LogP contribution is 2.29. The van der Waals surface area contributed by atoms with Crippen molar-refractivity contribution in [3.05, 3.63) is 40.8 Å². The Morgan fingerprint density at radius 3 is 2.56 bits per heavy atom. The number of halogens is 2. The predicted octanol–water partition coefficient (Wildman–Crippen LogP) is 3.48. The molecular formula is C11H5Cl2N3. The van der Waals surface area contributed by atoms with Gasteiger partial charge in [0.25, 0.3) is 0 Å². The van der Waals surface area contributed by atoms with Crippen LogP contribution in [0.2, 0.25) is 10.2 Å². The van der Waals surface area contributed by atoms with Crippen LogP contribution in [-0.4, -0.2) is 15.0 Å². The van der Waals surface area contributed by atoms with Crippen LogP contribution in [0.1, 0.15) is 0 Å². The zero-order chi connectivity index (χ0) is 11.1. The fraction of sp³-hybridized carbons (Fsp3) is 0. The number of fused-ring (bicyclic) bond motifs is 3. The smallest absolute Gasteiger partial charge is 0.131 e. The highest BCUT2D eigenvalue weighted by Gasteiger charge is 2.08. The summed E-state index contributed by atoms with van der Waals surface area (Å²) in [6.07, 6.45) is 3.28. The average molecular weight is 250 g/mol. The quantitative estimate of drug-likeness (QED) is 0.452. The van der Waals surface area contributed by atoms with Gasteiger partial charge in [-0.2, -0.15) is 0 Å². The van der Waals surface area contributed by atoms with Crippen molar-refractivity contribution in [1.82, 2.24) is 15.0 Å². The molecular weight excluding hydrogens is 245 g/mol. The number of rotatable bonds is 0. The number of benzene rings is 1. The number of pyridine rings is 1. The molecule has 0 saturated heterocycles. The first-order chi connectivity index (χ1) is 7.75. The lowest BCUT2D eigenvalue weighted by atomic mass is 10.2. The van der Waals surface area contributed by atoms with Crippen molar-refractivity contribution in [2.75, 3.05) is 0 Å². The fourth-order valence-corrected chi connectivity index (χ4v) is 2.22. The standard InChI is InChI=1S/C11H5Cl2N3/c12-6-5-9(13)16-7-1-2-8-11(10(6)7)15-4-3-14-8/h1-5H. The van der Waals surface area contributed by atoms with Crippen LogP contribution < -0.4 is 0 Å². The van der Waals surface area contributed by atoms with Crippen LogP contribution in [0, 0.1) is 0 Å². The van der Waals surface area contributed by atoms with Crippen molar-refractivity contribution in [3.63, 3.8) is 0 Å². The van der Waals surface area contributed by atoms with Crippen LogP contribution in [0.4, 0.5) is 0 Å². The molecule has 0 aliphatic carbocycles. The van der Waals surface area contributed by atoms with Crippen molar-refractivity contribution in [1.29, 1.82) is 0 Å². The maximum Gasteiger partial charge on any atom is 0.131 e. The minimum Gasteiger partial charge on any atom is -0.253 e. The highest BCUT2D eigenvalue weighted by molar-refractivity contribution is 6.39. The molecule has 0 atom stereocenters. The van der Waals surface area contributed by atoms with Crippen LogP contribution in [-0.2, 0) is 0 Å². The molecule has 3 aromatic rings. The molecule has 16 heavy (non-hydrogen) atoms. The van der Waals surface area contributed by atoms with Crippen LogP contribution in [0.3, 0.4) is 0 Å². The third-order valence-corrected chi connectivity index (χ3v) is 2.82. The maximum atomic E-state index is 6.15. The van der Waals surface area contributed by atoms with Crippen molar-refractivity contribution >= 4 is 45.1 Å². The number of hydrogen-bond donors (Lipinski definition) is 0. The van der Waals surface area contributed by atoms with Gasteiger partial charge in [-0.25, -0.2) is 4.98 Å². The Morgan fingerprint density at radius 2 is 1.69 bits per heavy atom. The van der Waals surface area contributed by atoms with E-state index in [2.05, 4.69) is 15.0 Å². The molecule has 0 aliphatic heterocycles. The lowest BCUT2D eigenvalue weighted by molar-refractivity contribution is 1.30. The Kier molecular flexibility index (Phi) is 2.16. The zero-order valence-corrected chi connectivity index (χ0v) is 9.50. The SMILES string of the molecule is Clc1cc(Cl)c2c(ccc3nccnc32)n1. The first-order valence-corrected chi connectivity index (χ1v) is 5.37.